The number of nitriles is 1. The Morgan fingerprint density at radius 1 is 1.38 bits per heavy atom. The zero-order valence-corrected chi connectivity index (χ0v) is 7.39. The highest BCUT2D eigenvalue weighted by molar-refractivity contribution is 5.50. The van der Waals surface area contributed by atoms with Crippen LogP contribution in [-0.2, 0) is 6.18 Å². The van der Waals surface area contributed by atoms with Crippen molar-refractivity contribution in [3.05, 3.63) is 23.0 Å². The lowest BCUT2D eigenvalue weighted by Crippen LogP contribution is -2.10. The summed E-state index contributed by atoms with van der Waals surface area (Å²) in [4.78, 5) is 2.67. The molecule has 0 saturated heterocycles. The van der Waals surface area contributed by atoms with Gasteiger partial charge >= 0.3 is 6.18 Å². The predicted octanol–water partition coefficient (Wildman–Crippen LogP) is 2.62. The van der Waals surface area contributed by atoms with Gasteiger partial charge in [-0.05, 0) is 0 Å². The van der Waals surface area contributed by atoms with Crippen LogP contribution in [0.25, 0.3) is 0 Å². The average Bonchev–Trinajstić information content (AvgIpc) is 2.14. The Morgan fingerprint density at radius 3 is 2.31 bits per heavy atom. The third-order valence-corrected chi connectivity index (χ3v) is 1.70. The maximum absolute atomic E-state index is 12.2. The minimum Gasteiger partial charge on any atom is -0.504 e. The van der Waals surface area contributed by atoms with Gasteiger partial charge in [-0.2, -0.15) is 18.4 Å². The average molecular weight is 238 g/mol. The first-order valence-electron chi connectivity index (χ1n) is 3.76. The zero-order chi connectivity index (χ0) is 12.5. The van der Waals surface area contributed by atoms with Crippen LogP contribution in [-0.4, -0.2) is 10.1 Å². The van der Waals surface area contributed by atoms with Crippen LogP contribution in [0.4, 0.5) is 22.0 Å². The fraction of sp³-hybridized carbons (Fsp3) is 0.250. The molecule has 1 rings (SSSR count). The van der Waals surface area contributed by atoms with Crippen molar-refractivity contribution in [1.29, 1.82) is 5.26 Å². The van der Waals surface area contributed by atoms with Crippen LogP contribution in [0, 0.1) is 11.3 Å². The number of alkyl halides is 5. The summed E-state index contributed by atoms with van der Waals surface area (Å²) in [5, 5.41) is 17.4. The number of halogens is 5. The quantitative estimate of drug-likeness (QED) is 0.765. The fourth-order valence-electron chi connectivity index (χ4n) is 1.01. The van der Waals surface area contributed by atoms with Crippen molar-refractivity contribution in [3.63, 3.8) is 0 Å². The van der Waals surface area contributed by atoms with Gasteiger partial charge < -0.3 is 5.11 Å². The normalized spacial score (nSPS) is 11.6. The number of aromatic hydroxyl groups is 1. The van der Waals surface area contributed by atoms with Gasteiger partial charge in [0.2, 0.25) is 0 Å². The first-order valence-corrected chi connectivity index (χ1v) is 3.76. The lowest BCUT2D eigenvalue weighted by atomic mass is 10.1. The molecule has 3 nitrogen and oxygen atoms in total. The number of aromatic nitrogens is 1. The van der Waals surface area contributed by atoms with Crippen LogP contribution in [0.2, 0.25) is 0 Å². The second kappa shape index (κ2) is 3.92. The Labute approximate surface area is 85.8 Å². The molecule has 0 bridgehead atoms. The third-order valence-electron chi connectivity index (χ3n) is 1.70. The molecule has 1 aromatic rings. The van der Waals surface area contributed by atoms with Crippen LogP contribution >= 0.6 is 0 Å². The molecule has 1 aromatic heterocycles. The smallest absolute Gasteiger partial charge is 0.437 e. The molecule has 16 heavy (non-hydrogen) atoms. The van der Waals surface area contributed by atoms with Crippen molar-refractivity contribution in [2.45, 2.75) is 12.6 Å². The van der Waals surface area contributed by atoms with Crippen molar-refractivity contribution < 1.29 is 27.1 Å². The summed E-state index contributed by atoms with van der Waals surface area (Å²) in [6, 6.07) is 1.09. The molecule has 0 radical (unpaired) electrons. The molecule has 0 unspecified atom stereocenters. The number of hydrogen-bond donors (Lipinski definition) is 1. The van der Waals surface area contributed by atoms with E-state index in [2.05, 4.69) is 4.98 Å². The zero-order valence-electron chi connectivity index (χ0n) is 7.39. The summed E-state index contributed by atoms with van der Waals surface area (Å²) in [6.45, 7) is 0. The molecule has 1 heterocycles. The third kappa shape index (κ3) is 2.03. The van der Waals surface area contributed by atoms with Gasteiger partial charge in [0.05, 0.1) is 5.56 Å². The van der Waals surface area contributed by atoms with Crippen molar-refractivity contribution in [2.75, 3.05) is 0 Å². The van der Waals surface area contributed by atoms with E-state index < -0.39 is 35.2 Å². The Morgan fingerprint density at radius 2 is 1.94 bits per heavy atom. The highest BCUT2D eigenvalue weighted by Crippen LogP contribution is 2.38. The highest BCUT2D eigenvalue weighted by atomic mass is 19.4. The lowest BCUT2D eigenvalue weighted by molar-refractivity contribution is -0.142. The molecule has 86 valence electrons. The largest absolute Gasteiger partial charge is 0.504 e. The van der Waals surface area contributed by atoms with Gasteiger partial charge in [-0.1, -0.05) is 0 Å². The van der Waals surface area contributed by atoms with Gasteiger partial charge in [-0.3, -0.25) is 0 Å². The summed E-state index contributed by atoms with van der Waals surface area (Å²) in [5.74, 6) is -1.58. The SMILES string of the molecule is N#Cc1c(C(F)F)cnc(C(F)(F)F)c1O. The van der Waals surface area contributed by atoms with Gasteiger partial charge in [0.1, 0.15) is 11.6 Å². The molecule has 0 atom stereocenters. The van der Waals surface area contributed by atoms with E-state index in [1.54, 1.807) is 0 Å². The number of nitrogens with zero attached hydrogens (tertiary/aromatic N) is 2. The molecule has 1 N–H and O–H groups in total. The molecule has 8 heteroatoms. The number of hydrogen-bond acceptors (Lipinski definition) is 3. The van der Waals surface area contributed by atoms with Crippen molar-refractivity contribution in [2.24, 2.45) is 0 Å². The van der Waals surface area contributed by atoms with Crippen molar-refractivity contribution >= 4 is 0 Å². The van der Waals surface area contributed by atoms with E-state index >= 15 is 0 Å². The van der Waals surface area contributed by atoms with E-state index in [1.165, 1.54) is 0 Å². The second-order valence-corrected chi connectivity index (χ2v) is 2.70. The first kappa shape index (κ1) is 12.2. The Balaban J connectivity index is 3.49. The van der Waals surface area contributed by atoms with E-state index in [0.717, 1.165) is 6.07 Å². The highest BCUT2D eigenvalue weighted by Gasteiger charge is 2.38. The van der Waals surface area contributed by atoms with Gasteiger partial charge in [0.15, 0.2) is 11.4 Å². The van der Waals surface area contributed by atoms with Gasteiger partial charge in [0, 0.05) is 6.20 Å². The molecule has 0 fully saturated rings. The monoisotopic (exact) mass is 238 g/mol. The molecule has 0 aliphatic heterocycles. The van der Waals surface area contributed by atoms with Gasteiger partial charge in [0.25, 0.3) is 6.43 Å². The molecule has 0 amide bonds. The van der Waals surface area contributed by atoms with E-state index in [9.17, 15) is 22.0 Å². The first-order chi connectivity index (χ1) is 7.29. The lowest BCUT2D eigenvalue weighted by Gasteiger charge is -2.10. The van der Waals surface area contributed by atoms with Crippen LogP contribution in [0.5, 0.6) is 5.75 Å². The molecule has 0 aliphatic carbocycles. The minimum atomic E-state index is -5.00. The Bertz CT molecular complexity index is 449. The molecule has 0 aliphatic rings. The van der Waals surface area contributed by atoms with Crippen molar-refractivity contribution in [3.8, 4) is 11.8 Å². The van der Waals surface area contributed by atoms with Crippen LogP contribution < -0.4 is 0 Å². The molecule has 0 aromatic carbocycles. The summed E-state index contributed by atoms with van der Waals surface area (Å²) in [7, 11) is 0. The minimum absolute atomic E-state index is 0.228. The summed E-state index contributed by atoms with van der Waals surface area (Å²) in [5.41, 5.74) is -3.90. The fourth-order valence-corrected chi connectivity index (χ4v) is 1.01. The van der Waals surface area contributed by atoms with E-state index in [4.69, 9.17) is 10.4 Å². The molecular formula is C8H3F5N2O. The number of pyridine rings is 1. The maximum atomic E-state index is 12.2. The maximum Gasteiger partial charge on any atom is 0.437 e. The second-order valence-electron chi connectivity index (χ2n) is 2.70. The molecule has 0 saturated carbocycles. The van der Waals surface area contributed by atoms with Gasteiger partial charge in [-0.25, -0.2) is 13.8 Å². The summed E-state index contributed by atoms with van der Waals surface area (Å²) >= 11 is 0. The topological polar surface area (TPSA) is 56.9 Å². The summed E-state index contributed by atoms with van der Waals surface area (Å²) in [6.07, 6.45) is -7.96. The van der Waals surface area contributed by atoms with E-state index in [0.29, 0.717) is 0 Å². The molecular weight excluding hydrogens is 235 g/mol. The van der Waals surface area contributed by atoms with E-state index in [-0.39, 0.29) is 6.20 Å². The summed E-state index contributed by atoms with van der Waals surface area (Å²) < 4.78 is 61.0. The Hall–Kier alpha value is -1.91. The van der Waals surface area contributed by atoms with Crippen LogP contribution in [0.1, 0.15) is 23.2 Å². The van der Waals surface area contributed by atoms with Crippen molar-refractivity contribution in [1.82, 2.24) is 4.98 Å². The van der Waals surface area contributed by atoms with E-state index in [1.807, 2.05) is 0 Å². The van der Waals surface area contributed by atoms with Crippen LogP contribution in [0.3, 0.4) is 0 Å². The van der Waals surface area contributed by atoms with Crippen LogP contribution in [0.15, 0.2) is 6.20 Å². The molecule has 0 spiro atoms. The Kier molecular flexibility index (Phi) is 2.98. The number of rotatable bonds is 1. The predicted molar refractivity (Wildman–Crippen MR) is 40.6 cm³/mol. The van der Waals surface area contributed by atoms with Gasteiger partial charge in [-0.15, -0.1) is 0 Å². The standard InChI is InChI=1S/C8H3F5N2O/c9-7(10)4-2-15-6(8(11,12)13)5(16)3(4)1-14/h2,7,16H.